The third kappa shape index (κ3) is 3.23. The number of aromatic nitrogens is 4. The summed E-state index contributed by atoms with van der Waals surface area (Å²) in [5, 5.41) is 14.2. The largest absolute Gasteiger partial charge is 0.394 e. The predicted molar refractivity (Wildman–Crippen MR) is 130 cm³/mol. The molecule has 4 heterocycles. The highest BCUT2D eigenvalue weighted by Gasteiger charge is 2.55. The fourth-order valence-electron chi connectivity index (χ4n) is 6.64. The first kappa shape index (κ1) is 21.4. The van der Waals surface area contributed by atoms with Crippen LogP contribution < -0.4 is 10.2 Å². The summed E-state index contributed by atoms with van der Waals surface area (Å²) >= 11 is 6.02. The molecule has 0 aromatic carbocycles. The van der Waals surface area contributed by atoms with Gasteiger partial charge in [0.15, 0.2) is 0 Å². The molecule has 1 spiro atoms. The maximum Gasteiger partial charge on any atom is 0.227 e. The topological polar surface area (TPSA) is 104 Å². The molecule has 34 heavy (non-hydrogen) atoms. The molecule has 0 radical (unpaired) electrons. The molecule has 1 saturated heterocycles. The summed E-state index contributed by atoms with van der Waals surface area (Å²) in [4.78, 5) is 22.3. The zero-order chi connectivity index (χ0) is 23.1. The minimum absolute atomic E-state index is 0.0330. The van der Waals surface area contributed by atoms with Crippen LogP contribution >= 0.6 is 11.6 Å². The molecule has 3 saturated carbocycles. The Hall–Kier alpha value is -1.84. The molecule has 3 atom stereocenters. The van der Waals surface area contributed by atoms with Crippen molar-refractivity contribution in [3.8, 4) is 0 Å². The molecule has 8 nitrogen and oxygen atoms in total. The third-order valence-corrected chi connectivity index (χ3v) is 10.7. The lowest BCUT2D eigenvalue weighted by atomic mass is 9.77. The van der Waals surface area contributed by atoms with Crippen LogP contribution in [0.5, 0.6) is 0 Å². The Kier molecular flexibility index (Phi) is 4.78. The third-order valence-electron chi connectivity index (χ3n) is 8.90. The van der Waals surface area contributed by atoms with Crippen LogP contribution in [-0.2, 0) is 16.2 Å². The van der Waals surface area contributed by atoms with Gasteiger partial charge in [0.2, 0.25) is 5.95 Å². The molecule has 2 aromatic rings. The van der Waals surface area contributed by atoms with Crippen molar-refractivity contribution in [1.29, 1.82) is 0 Å². The molecule has 2 unspecified atom stereocenters. The number of hydrogen-bond acceptors (Lipinski definition) is 8. The second kappa shape index (κ2) is 7.58. The average molecular weight is 501 g/mol. The summed E-state index contributed by atoms with van der Waals surface area (Å²) in [6, 6.07) is 0. The van der Waals surface area contributed by atoms with Gasteiger partial charge in [-0.15, -0.1) is 0 Å². The average Bonchev–Trinajstić information content (AvgIpc) is 3.47. The van der Waals surface area contributed by atoms with Crippen molar-refractivity contribution in [2.24, 2.45) is 11.8 Å². The molecular formula is C24H29ClN6O2S. The van der Waals surface area contributed by atoms with E-state index in [1.54, 1.807) is 12.4 Å². The van der Waals surface area contributed by atoms with E-state index in [0.29, 0.717) is 34.3 Å². The minimum atomic E-state index is -1.09. The van der Waals surface area contributed by atoms with Gasteiger partial charge in [-0.1, -0.05) is 11.6 Å². The van der Waals surface area contributed by atoms with Gasteiger partial charge in [-0.25, -0.2) is 15.0 Å². The fraction of sp³-hybridized carbons (Fsp3) is 0.667. The Morgan fingerprint density at radius 2 is 1.82 bits per heavy atom. The Labute approximate surface area is 206 Å². The summed E-state index contributed by atoms with van der Waals surface area (Å²) in [6.45, 7) is 1.80. The smallest absolute Gasteiger partial charge is 0.227 e. The van der Waals surface area contributed by atoms with E-state index in [4.69, 9.17) is 21.6 Å². The van der Waals surface area contributed by atoms with E-state index >= 15 is 0 Å². The molecular weight excluding hydrogens is 472 g/mol. The molecule has 2 N–H and O–H groups in total. The summed E-state index contributed by atoms with van der Waals surface area (Å²) in [5.41, 5.74) is 0.608. The van der Waals surface area contributed by atoms with Crippen LogP contribution in [0.4, 0.5) is 11.8 Å². The van der Waals surface area contributed by atoms with Gasteiger partial charge in [0, 0.05) is 42.6 Å². The minimum Gasteiger partial charge on any atom is -0.394 e. The van der Waals surface area contributed by atoms with Crippen molar-refractivity contribution in [2.75, 3.05) is 35.7 Å². The predicted octanol–water partition coefficient (Wildman–Crippen LogP) is 3.03. The van der Waals surface area contributed by atoms with E-state index in [1.165, 1.54) is 0 Å². The van der Waals surface area contributed by atoms with Crippen LogP contribution in [0.15, 0.2) is 17.3 Å². The van der Waals surface area contributed by atoms with Crippen molar-refractivity contribution in [2.45, 2.75) is 66.7 Å². The van der Waals surface area contributed by atoms with E-state index in [-0.39, 0.29) is 17.6 Å². The highest BCUT2D eigenvalue weighted by molar-refractivity contribution is 7.85. The lowest BCUT2D eigenvalue weighted by Crippen LogP contribution is -2.49. The highest BCUT2D eigenvalue weighted by Crippen LogP contribution is 2.56. The van der Waals surface area contributed by atoms with Crippen LogP contribution in [0.25, 0.3) is 0 Å². The molecule has 10 heteroatoms. The molecule has 5 aliphatic rings. The lowest BCUT2D eigenvalue weighted by Gasteiger charge is -2.42. The van der Waals surface area contributed by atoms with Crippen molar-refractivity contribution >= 4 is 34.2 Å². The molecule has 4 fully saturated rings. The zero-order valence-corrected chi connectivity index (χ0v) is 20.6. The van der Waals surface area contributed by atoms with E-state index in [2.05, 4.69) is 20.2 Å². The number of fused-ring (bicyclic) bond motifs is 4. The zero-order valence-electron chi connectivity index (χ0n) is 19.0. The second-order valence-electron chi connectivity index (χ2n) is 11.0. The Bertz CT molecular complexity index is 1150. The summed E-state index contributed by atoms with van der Waals surface area (Å²) in [7, 11) is -1.09. The van der Waals surface area contributed by atoms with Crippen molar-refractivity contribution in [3.05, 3.63) is 28.9 Å². The van der Waals surface area contributed by atoms with Crippen LogP contribution in [-0.4, -0.2) is 60.2 Å². The van der Waals surface area contributed by atoms with Gasteiger partial charge in [0.1, 0.15) is 16.5 Å². The number of nitrogens with one attached hydrogen (secondary N) is 1. The summed E-state index contributed by atoms with van der Waals surface area (Å²) in [5.74, 6) is 4.23. The fourth-order valence-corrected chi connectivity index (χ4v) is 8.60. The molecule has 7 rings (SSSR count). The molecule has 180 valence electrons. The van der Waals surface area contributed by atoms with Crippen LogP contribution in [0, 0.1) is 11.8 Å². The summed E-state index contributed by atoms with van der Waals surface area (Å²) in [6.07, 6.45) is 10.7. The van der Waals surface area contributed by atoms with Crippen molar-refractivity contribution < 1.29 is 9.32 Å². The second-order valence-corrected chi connectivity index (χ2v) is 12.8. The first-order valence-corrected chi connectivity index (χ1v) is 14.1. The maximum atomic E-state index is 13.1. The van der Waals surface area contributed by atoms with E-state index < -0.39 is 10.8 Å². The number of aliphatic hydroxyl groups is 1. The molecule has 3 aliphatic carbocycles. The van der Waals surface area contributed by atoms with Gasteiger partial charge < -0.3 is 15.3 Å². The van der Waals surface area contributed by atoms with E-state index in [9.17, 15) is 9.32 Å². The standard InChI is InChI=1S/C24H29ClN6O2S/c25-16-8-26-20(27-9-16)17-14-2-3-15(17)11-31(10-14)22-28-19-18(34(33)13-23(19)6-7-23)21(29-22)30-24(12-32)4-1-5-24/h8-9,14-15,17,32H,1-7,10-13H2,(H,28,29,30)/t14?,15?,17?,34-/m0/s1. The van der Waals surface area contributed by atoms with Gasteiger partial charge in [0.25, 0.3) is 0 Å². The molecule has 2 bridgehead atoms. The van der Waals surface area contributed by atoms with E-state index in [0.717, 1.165) is 80.4 Å². The highest BCUT2D eigenvalue weighted by atomic mass is 35.5. The number of rotatable bonds is 5. The SMILES string of the molecule is O=[S@]1CC2(CC2)c2nc(N3CC4CCC(C3)C4c3ncc(Cl)cn3)nc(NC3(CO)CCC3)c21. The van der Waals surface area contributed by atoms with E-state index in [1.807, 2.05) is 0 Å². The van der Waals surface area contributed by atoms with Crippen molar-refractivity contribution in [1.82, 2.24) is 19.9 Å². The van der Waals surface area contributed by atoms with Gasteiger partial charge >= 0.3 is 0 Å². The van der Waals surface area contributed by atoms with Gasteiger partial charge in [0.05, 0.1) is 33.7 Å². The quantitative estimate of drug-likeness (QED) is 0.645. The number of halogens is 1. The van der Waals surface area contributed by atoms with Crippen molar-refractivity contribution in [3.63, 3.8) is 0 Å². The van der Waals surface area contributed by atoms with Gasteiger partial charge in [-0.2, -0.15) is 4.98 Å². The first-order valence-electron chi connectivity index (χ1n) is 12.4. The number of hydrogen-bond donors (Lipinski definition) is 2. The first-order chi connectivity index (χ1) is 16.5. The molecule has 0 amide bonds. The number of piperidine rings is 1. The van der Waals surface area contributed by atoms with Gasteiger partial charge in [-0.05, 0) is 56.8 Å². The van der Waals surface area contributed by atoms with Crippen LogP contribution in [0.2, 0.25) is 5.02 Å². The summed E-state index contributed by atoms with van der Waals surface area (Å²) < 4.78 is 13.1. The monoisotopic (exact) mass is 500 g/mol. The number of nitrogens with zero attached hydrogens (tertiary/aromatic N) is 5. The van der Waals surface area contributed by atoms with Crippen LogP contribution in [0.1, 0.15) is 62.4 Å². The number of anilines is 2. The normalized spacial score (nSPS) is 31.9. The maximum absolute atomic E-state index is 13.1. The Morgan fingerprint density at radius 1 is 1.12 bits per heavy atom. The van der Waals surface area contributed by atoms with Gasteiger partial charge in [-0.3, -0.25) is 4.21 Å². The molecule has 2 aromatic heterocycles. The lowest BCUT2D eigenvalue weighted by molar-refractivity contribution is 0.143. The Morgan fingerprint density at radius 3 is 2.41 bits per heavy atom. The molecule has 2 aliphatic heterocycles. The Balaban J connectivity index is 1.23. The number of aliphatic hydroxyl groups excluding tert-OH is 1. The van der Waals surface area contributed by atoms with Crippen LogP contribution in [0.3, 0.4) is 0 Å².